The molecule has 0 aromatic heterocycles. The molecule has 0 aliphatic carbocycles. The summed E-state index contributed by atoms with van der Waals surface area (Å²) in [5.74, 6) is -0.685. The Balaban J connectivity index is 3.43. The van der Waals surface area contributed by atoms with Gasteiger partial charge in [0.2, 0.25) is 5.91 Å². The zero-order valence-electron chi connectivity index (χ0n) is 6.67. The summed E-state index contributed by atoms with van der Waals surface area (Å²) in [7, 11) is 0. The molecule has 1 amide bonds. The summed E-state index contributed by atoms with van der Waals surface area (Å²) in [4.78, 5) is 21.2. The van der Waals surface area contributed by atoms with Crippen LogP contribution in [0, 0.1) is 0 Å². The minimum absolute atomic E-state index is 0.0897. The van der Waals surface area contributed by atoms with Gasteiger partial charge < -0.3 is 10.1 Å². The SMILES string of the molecule is C/C=C/C(=O)OCNC(=O)CBr. The van der Waals surface area contributed by atoms with Crippen molar-refractivity contribution in [2.24, 2.45) is 0 Å². The van der Waals surface area contributed by atoms with Crippen molar-refractivity contribution in [1.82, 2.24) is 5.32 Å². The van der Waals surface area contributed by atoms with E-state index in [1.54, 1.807) is 13.0 Å². The molecule has 0 heterocycles. The predicted octanol–water partition coefficient (Wildman–Crippen LogP) is 0.574. The third kappa shape index (κ3) is 5.91. The largest absolute Gasteiger partial charge is 0.441 e. The minimum Gasteiger partial charge on any atom is -0.441 e. The van der Waals surface area contributed by atoms with Crippen LogP contribution < -0.4 is 5.32 Å². The maximum atomic E-state index is 10.6. The molecular formula is C7H10BrNO3. The molecule has 12 heavy (non-hydrogen) atoms. The average molecular weight is 236 g/mol. The molecule has 0 aromatic carbocycles. The van der Waals surface area contributed by atoms with E-state index in [0.717, 1.165) is 0 Å². The number of alkyl halides is 1. The zero-order chi connectivity index (χ0) is 9.40. The second-order valence-corrected chi connectivity index (χ2v) is 2.40. The molecule has 0 aromatic rings. The van der Waals surface area contributed by atoms with Gasteiger partial charge in [-0.2, -0.15) is 0 Å². The number of esters is 1. The Hall–Kier alpha value is -0.840. The summed E-state index contributed by atoms with van der Waals surface area (Å²) in [6, 6.07) is 0. The molecule has 0 aliphatic heterocycles. The smallest absolute Gasteiger partial charge is 0.332 e. The first-order chi connectivity index (χ1) is 5.70. The first-order valence-electron chi connectivity index (χ1n) is 3.32. The average Bonchev–Trinajstić information content (AvgIpc) is 2.04. The lowest BCUT2D eigenvalue weighted by molar-refractivity contribution is -0.139. The van der Waals surface area contributed by atoms with E-state index < -0.39 is 5.97 Å². The van der Waals surface area contributed by atoms with E-state index in [1.807, 2.05) is 0 Å². The molecule has 1 N–H and O–H groups in total. The van der Waals surface area contributed by atoms with Gasteiger partial charge in [0.25, 0.3) is 0 Å². The van der Waals surface area contributed by atoms with Crippen molar-refractivity contribution in [1.29, 1.82) is 0 Å². The molecular weight excluding hydrogens is 226 g/mol. The van der Waals surface area contributed by atoms with Crippen LogP contribution in [0.2, 0.25) is 0 Å². The monoisotopic (exact) mass is 235 g/mol. The summed E-state index contributed by atoms with van der Waals surface area (Å²) in [5, 5.41) is 2.56. The third-order valence-electron chi connectivity index (χ3n) is 0.908. The van der Waals surface area contributed by atoms with Crippen molar-refractivity contribution in [2.75, 3.05) is 12.1 Å². The van der Waals surface area contributed by atoms with Gasteiger partial charge in [-0.25, -0.2) is 4.79 Å². The molecule has 0 unspecified atom stereocenters. The number of hydrogen-bond acceptors (Lipinski definition) is 3. The van der Waals surface area contributed by atoms with Gasteiger partial charge >= 0.3 is 5.97 Å². The molecule has 0 aliphatic rings. The molecule has 68 valence electrons. The van der Waals surface area contributed by atoms with E-state index in [-0.39, 0.29) is 18.0 Å². The van der Waals surface area contributed by atoms with Crippen molar-refractivity contribution < 1.29 is 14.3 Å². The van der Waals surface area contributed by atoms with Crippen LogP contribution in [0.25, 0.3) is 0 Å². The first-order valence-corrected chi connectivity index (χ1v) is 4.45. The lowest BCUT2D eigenvalue weighted by atomic mass is 10.5. The highest BCUT2D eigenvalue weighted by molar-refractivity contribution is 9.09. The Morgan fingerprint density at radius 2 is 2.25 bits per heavy atom. The van der Waals surface area contributed by atoms with Gasteiger partial charge in [0.15, 0.2) is 6.73 Å². The summed E-state index contributed by atoms with van der Waals surface area (Å²) >= 11 is 2.95. The number of halogens is 1. The van der Waals surface area contributed by atoms with E-state index >= 15 is 0 Å². The second-order valence-electron chi connectivity index (χ2n) is 1.84. The van der Waals surface area contributed by atoms with Gasteiger partial charge in [-0.05, 0) is 6.92 Å². The maximum absolute atomic E-state index is 10.6. The Morgan fingerprint density at radius 1 is 1.58 bits per heavy atom. The topological polar surface area (TPSA) is 55.4 Å². The first kappa shape index (κ1) is 11.2. The molecule has 0 bridgehead atoms. The fourth-order valence-corrected chi connectivity index (χ4v) is 0.617. The van der Waals surface area contributed by atoms with Gasteiger partial charge in [0, 0.05) is 6.08 Å². The highest BCUT2D eigenvalue weighted by Gasteiger charge is 1.98. The van der Waals surface area contributed by atoms with Gasteiger partial charge in [-0.3, -0.25) is 4.79 Å². The van der Waals surface area contributed by atoms with E-state index in [1.165, 1.54) is 6.08 Å². The van der Waals surface area contributed by atoms with Gasteiger partial charge in [0.1, 0.15) is 0 Å². The van der Waals surface area contributed by atoms with Crippen LogP contribution >= 0.6 is 15.9 Å². The van der Waals surface area contributed by atoms with Gasteiger partial charge in [-0.1, -0.05) is 22.0 Å². The Morgan fingerprint density at radius 3 is 2.75 bits per heavy atom. The van der Waals surface area contributed by atoms with Crippen LogP contribution in [0.5, 0.6) is 0 Å². The summed E-state index contributed by atoms with van der Waals surface area (Å²) < 4.78 is 4.58. The molecule has 4 nitrogen and oxygen atoms in total. The summed E-state index contributed by atoms with van der Waals surface area (Å²) in [5.41, 5.74) is 0. The van der Waals surface area contributed by atoms with Crippen molar-refractivity contribution >= 4 is 27.8 Å². The number of carbonyl (C=O) groups is 2. The fraction of sp³-hybridized carbons (Fsp3) is 0.429. The fourth-order valence-electron chi connectivity index (χ4n) is 0.419. The van der Waals surface area contributed by atoms with E-state index in [0.29, 0.717) is 0 Å². The lowest BCUT2D eigenvalue weighted by Gasteiger charge is -2.01. The van der Waals surface area contributed by atoms with Crippen LogP contribution in [-0.4, -0.2) is 23.9 Å². The summed E-state index contributed by atoms with van der Waals surface area (Å²) in [6.07, 6.45) is 2.84. The Kier molecular flexibility index (Phi) is 6.37. The van der Waals surface area contributed by atoms with Crippen LogP contribution in [0.4, 0.5) is 0 Å². The number of hydrogen-bond donors (Lipinski definition) is 1. The number of amides is 1. The number of carbonyl (C=O) groups excluding carboxylic acids is 2. The number of rotatable bonds is 4. The quantitative estimate of drug-likeness (QED) is 0.336. The molecule has 0 rings (SSSR count). The van der Waals surface area contributed by atoms with E-state index in [2.05, 4.69) is 26.0 Å². The van der Waals surface area contributed by atoms with Crippen molar-refractivity contribution in [3.8, 4) is 0 Å². The highest BCUT2D eigenvalue weighted by Crippen LogP contribution is 1.81. The molecule has 0 atom stereocenters. The number of allylic oxidation sites excluding steroid dienone is 1. The second kappa shape index (κ2) is 6.84. The molecule has 0 saturated heterocycles. The maximum Gasteiger partial charge on any atom is 0.332 e. The molecule has 0 spiro atoms. The van der Waals surface area contributed by atoms with Gasteiger partial charge in [0.05, 0.1) is 5.33 Å². The van der Waals surface area contributed by atoms with Crippen LogP contribution in [-0.2, 0) is 14.3 Å². The standard InChI is InChI=1S/C7H10BrNO3/c1-2-3-7(11)12-5-9-6(10)4-8/h2-3H,4-5H2,1H3,(H,9,10)/b3-2+. The van der Waals surface area contributed by atoms with Gasteiger partial charge in [-0.15, -0.1) is 0 Å². The molecule has 0 fully saturated rings. The molecule has 5 heteroatoms. The zero-order valence-corrected chi connectivity index (χ0v) is 8.26. The Labute approximate surface area is 79.1 Å². The Bertz CT molecular complexity index is 191. The molecule has 0 radical (unpaired) electrons. The van der Waals surface area contributed by atoms with Crippen LogP contribution in [0.3, 0.4) is 0 Å². The van der Waals surface area contributed by atoms with E-state index in [4.69, 9.17) is 0 Å². The van der Waals surface area contributed by atoms with Crippen molar-refractivity contribution in [3.05, 3.63) is 12.2 Å². The lowest BCUT2D eigenvalue weighted by Crippen LogP contribution is -2.27. The normalized spacial score (nSPS) is 9.83. The summed E-state index contributed by atoms with van der Waals surface area (Å²) in [6.45, 7) is 1.62. The molecule has 0 saturated carbocycles. The van der Waals surface area contributed by atoms with Crippen molar-refractivity contribution in [2.45, 2.75) is 6.92 Å². The van der Waals surface area contributed by atoms with Crippen LogP contribution in [0.1, 0.15) is 6.92 Å². The van der Waals surface area contributed by atoms with Crippen molar-refractivity contribution in [3.63, 3.8) is 0 Å². The predicted molar refractivity (Wildman–Crippen MR) is 47.7 cm³/mol. The van der Waals surface area contributed by atoms with E-state index in [9.17, 15) is 9.59 Å². The highest BCUT2D eigenvalue weighted by atomic mass is 79.9. The third-order valence-corrected chi connectivity index (χ3v) is 1.42. The number of nitrogens with one attached hydrogen (secondary N) is 1. The minimum atomic E-state index is -0.465. The van der Waals surface area contributed by atoms with Crippen LogP contribution in [0.15, 0.2) is 12.2 Å². The number of ether oxygens (including phenoxy) is 1.